The lowest BCUT2D eigenvalue weighted by Crippen LogP contribution is -2.21. The molecule has 1 aliphatic rings. The quantitative estimate of drug-likeness (QED) is 0.680. The zero-order chi connectivity index (χ0) is 11.1. The summed E-state index contributed by atoms with van der Waals surface area (Å²) < 4.78 is 0. The Hall–Kier alpha value is -1.37. The van der Waals surface area contributed by atoms with E-state index in [1.54, 1.807) is 6.08 Å². The zero-order valence-electron chi connectivity index (χ0n) is 9.50. The minimum Gasteiger partial charge on any atom is -0.295 e. The lowest BCUT2D eigenvalue weighted by atomic mass is 9.77. The van der Waals surface area contributed by atoms with E-state index in [4.69, 9.17) is 0 Å². The van der Waals surface area contributed by atoms with Gasteiger partial charge in [-0.2, -0.15) is 0 Å². The molecule has 2 rings (SSSR count). The van der Waals surface area contributed by atoms with Crippen LogP contribution in [0.3, 0.4) is 0 Å². The van der Waals surface area contributed by atoms with E-state index in [0.29, 0.717) is 6.42 Å². The second-order valence-electron chi connectivity index (χ2n) is 4.67. The van der Waals surface area contributed by atoms with Crippen molar-refractivity contribution < 1.29 is 4.79 Å². The van der Waals surface area contributed by atoms with E-state index in [1.165, 1.54) is 16.7 Å². The van der Waals surface area contributed by atoms with E-state index < -0.39 is 0 Å². The second-order valence-corrected chi connectivity index (χ2v) is 4.67. The summed E-state index contributed by atoms with van der Waals surface area (Å²) in [5.41, 5.74) is 3.60. The van der Waals surface area contributed by atoms with Crippen molar-refractivity contribution in [3.8, 4) is 0 Å². The maximum atomic E-state index is 11.4. The Morgan fingerprint density at radius 1 is 1.13 bits per heavy atom. The Balaban J connectivity index is 2.43. The summed E-state index contributed by atoms with van der Waals surface area (Å²) in [5, 5.41) is 0. The topological polar surface area (TPSA) is 17.1 Å². The lowest BCUT2D eigenvalue weighted by molar-refractivity contribution is -0.114. The summed E-state index contributed by atoms with van der Waals surface area (Å²) in [6, 6.07) is 8.48. The summed E-state index contributed by atoms with van der Waals surface area (Å²) in [5.74, 6) is 0.246. The van der Waals surface area contributed by atoms with Crippen LogP contribution in [0, 0.1) is 6.92 Å². The van der Waals surface area contributed by atoms with Crippen molar-refractivity contribution in [1.29, 1.82) is 0 Å². The number of carbonyl (C=O) groups is 1. The molecular formula is C14H16O. The van der Waals surface area contributed by atoms with Crippen LogP contribution in [0.5, 0.6) is 0 Å². The molecule has 1 heteroatoms. The second kappa shape index (κ2) is 3.34. The summed E-state index contributed by atoms with van der Waals surface area (Å²) >= 11 is 0. The first kappa shape index (κ1) is 10.2. The van der Waals surface area contributed by atoms with Crippen LogP contribution in [0.25, 0.3) is 0 Å². The van der Waals surface area contributed by atoms with Crippen LogP contribution in [0.1, 0.15) is 31.4 Å². The van der Waals surface area contributed by atoms with E-state index >= 15 is 0 Å². The van der Waals surface area contributed by atoms with Crippen molar-refractivity contribution in [2.45, 2.75) is 32.6 Å². The van der Waals surface area contributed by atoms with Crippen molar-refractivity contribution in [3.63, 3.8) is 0 Å². The van der Waals surface area contributed by atoms with Crippen LogP contribution >= 0.6 is 0 Å². The molecule has 15 heavy (non-hydrogen) atoms. The predicted molar refractivity (Wildman–Crippen MR) is 61.9 cm³/mol. The van der Waals surface area contributed by atoms with Crippen LogP contribution in [0.4, 0.5) is 0 Å². The number of rotatable bonds is 1. The average Bonchev–Trinajstić information content (AvgIpc) is 2.42. The van der Waals surface area contributed by atoms with E-state index in [1.807, 2.05) is 6.92 Å². The fourth-order valence-corrected chi connectivity index (χ4v) is 2.19. The number of benzene rings is 1. The highest BCUT2D eigenvalue weighted by Crippen LogP contribution is 2.39. The summed E-state index contributed by atoms with van der Waals surface area (Å²) in [6.45, 7) is 6.27. The molecule has 0 amide bonds. The summed E-state index contributed by atoms with van der Waals surface area (Å²) in [7, 11) is 0. The van der Waals surface area contributed by atoms with Gasteiger partial charge in [0.25, 0.3) is 0 Å². The van der Waals surface area contributed by atoms with Gasteiger partial charge in [0, 0.05) is 11.8 Å². The van der Waals surface area contributed by atoms with E-state index in [0.717, 1.165) is 0 Å². The largest absolute Gasteiger partial charge is 0.295 e. The van der Waals surface area contributed by atoms with Crippen LogP contribution in [0.2, 0.25) is 0 Å². The highest BCUT2D eigenvalue weighted by molar-refractivity contribution is 5.95. The zero-order valence-corrected chi connectivity index (χ0v) is 9.50. The Labute approximate surface area is 90.8 Å². The molecule has 1 nitrogen and oxygen atoms in total. The molecule has 0 radical (unpaired) electrons. The molecule has 0 fully saturated rings. The number of hydrogen-bond acceptors (Lipinski definition) is 1. The SMILES string of the molecule is CC1=CC(=O)CC1(C)c1ccc(C)cc1. The fourth-order valence-electron chi connectivity index (χ4n) is 2.19. The van der Waals surface area contributed by atoms with Crippen molar-refractivity contribution in [1.82, 2.24) is 0 Å². The van der Waals surface area contributed by atoms with Gasteiger partial charge in [0.15, 0.2) is 5.78 Å². The normalized spacial score (nSPS) is 25.5. The summed E-state index contributed by atoms with van der Waals surface area (Å²) in [6.07, 6.45) is 2.39. The first-order valence-electron chi connectivity index (χ1n) is 5.31. The van der Waals surface area contributed by atoms with Gasteiger partial charge < -0.3 is 0 Å². The van der Waals surface area contributed by atoms with E-state index in [2.05, 4.69) is 38.1 Å². The molecule has 1 aromatic rings. The van der Waals surface area contributed by atoms with Gasteiger partial charge in [-0.25, -0.2) is 0 Å². The van der Waals surface area contributed by atoms with Gasteiger partial charge in [0.1, 0.15) is 0 Å². The van der Waals surface area contributed by atoms with Gasteiger partial charge in [-0.05, 0) is 25.5 Å². The molecule has 0 saturated carbocycles. The van der Waals surface area contributed by atoms with Crippen molar-refractivity contribution in [3.05, 3.63) is 47.0 Å². The first-order valence-corrected chi connectivity index (χ1v) is 5.31. The molecule has 0 bridgehead atoms. The van der Waals surface area contributed by atoms with Crippen LogP contribution in [0.15, 0.2) is 35.9 Å². The molecule has 0 spiro atoms. The van der Waals surface area contributed by atoms with Crippen LogP contribution in [-0.4, -0.2) is 5.78 Å². The Morgan fingerprint density at radius 2 is 1.73 bits per heavy atom. The molecule has 0 N–H and O–H groups in total. The molecule has 1 atom stereocenters. The van der Waals surface area contributed by atoms with Gasteiger partial charge >= 0.3 is 0 Å². The molecular weight excluding hydrogens is 184 g/mol. The lowest BCUT2D eigenvalue weighted by Gasteiger charge is -2.26. The standard InChI is InChI=1S/C14H16O/c1-10-4-6-12(7-5-10)14(3)9-13(15)8-11(14)2/h4-8H,9H2,1-3H3. The third kappa shape index (κ3) is 1.63. The van der Waals surface area contributed by atoms with Gasteiger partial charge in [-0.3, -0.25) is 4.79 Å². The first-order chi connectivity index (χ1) is 7.02. The number of aryl methyl sites for hydroxylation is 1. The molecule has 1 aliphatic carbocycles. The van der Waals surface area contributed by atoms with Gasteiger partial charge in [-0.15, -0.1) is 0 Å². The number of ketones is 1. The molecule has 1 aromatic carbocycles. The molecule has 0 aliphatic heterocycles. The van der Waals surface area contributed by atoms with Crippen molar-refractivity contribution in [2.24, 2.45) is 0 Å². The van der Waals surface area contributed by atoms with Crippen LogP contribution < -0.4 is 0 Å². The molecule has 0 aromatic heterocycles. The van der Waals surface area contributed by atoms with E-state index in [9.17, 15) is 4.79 Å². The number of hydrogen-bond donors (Lipinski definition) is 0. The number of carbonyl (C=O) groups excluding carboxylic acids is 1. The Morgan fingerprint density at radius 3 is 2.20 bits per heavy atom. The van der Waals surface area contributed by atoms with Crippen molar-refractivity contribution in [2.75, 3.05) is 0 Å². The highest BCUT2D eigenvalue weighted by Gasteiger charge is 2.35. The molecule has 0 heterocycles. The van der Waals surface area contributed by atoms with Crippen molar-refractivity contribution >= 4 is 5.78 Å². The minimum atomic E-state index is -0.0786. The van der Waals surface area contributed by atoms with Gasteiger partial charge in [0.2, 0.25) is 0 Å². The fraction of sp³-hybridized carbons (Fsp3) is 0.357. The monoisotopic (exact) mass is 200 g/mol. The predicted octanol–water partition coefficient (Wildman–Crippen LogP) is 3.17. The van der Waals surface area contributed by atoms with Gasteiger partial charge in [-0.1, -0.05) is 42.3 Å². The molecule has 1 unspecified atom stereocenters. The Bertz CT molecular complexity index is 425. The van der Waals surface area contributed by atoms with Crippen LogP contribution in [-0.2, 0) is 10.2 Å². The minimum absolute atomic E-state index is 0.0786. The third-order valence-electron chi connectivity index (χ3n) is 3.46. The van der Waals surface area contributed by atoms with Gasteiger partial charge in [0.05, 0.1) is 0 Å². The number of allylic oxidation sites excluding steroid dienone is 2. The molecule has 0 saturated heterocycles. The maximum absolute atomic E-state index is 11.4. The third-order valence-corrected chi connectivity index (χ3v) is 3.46. The Kier molecular flexibility index (Phi) is 2.26. The average molecular weight is 200 g/mol. The highest BCUT2D eigenvalue weighted by atomic mass is 16.1. The van der Waals surface area contributed by atoms with E-state index in [-0.39, 0.29) is 11.2 Å². The molecule has 78 valence electrons. The summed E-state index contributed by atoms with van der Waals surface area (Å²) in [4.78, 5) is 11.4. The maximum Gasteiger partial charge on any atom is 0.156 e. The smallest absolute Gasteiger partial charge is 0.156 e.